The molecule has 5 rings (SSSR count). The number of rotatable bonds is 6. The number of amides is 1. The first-order chi connectivity index (χ1) is 17.7. The van der Waals surface area contributed by atoms with Crippen LogP contribution in [0.4, 0.5) is 0 Å². The van der Waals surface area contributed by atoms with Crippen molar-refractivity contribution in [3.8, 4) is 5.00 Å². The van der Waals surface area contributed by atoms with E-state index in [4.69, 9.17) is 21.0 Å². The molecule has 10 nitrogen and oxygen atoms in total. The SMILES string of the molecule is Cc1sc2c(c1C)C(c1ccc(Cl)cc1)=N[C@@H](CC(=O)N/N=C/c1ccc([SH](=O)=O)o1)c1nnc(C)n1-2. The highest BCUT2D eigenvalue weighted by Crippen LogP contribution is 2.39. The molecule has 1 aromatic carbocycles. The van der Waals surface area contributed by atoms with E-state index in [-0.39, 0.29) is 17.3 Å². The minimum absolute atomic E-state index is 0.0463. The lowest BCUT2D eigenvalue weighted by molar-refractivity contribution is -0.121. The number of hydrogen-bond donors (Lipinski definition) is 2. The number of nitrogens with one attached hydrogen (secondary N) is 1. The van der Waals surface area contributed by atoms with Crippen LogP contribution < -0.4 is 5.43 Å². The summed E-state index contributed by atoms with van der Waals surface area (Å²) in [5, 5.41) is 13.9. The zero-order chi connectivity index (χ0) is 26.3. The van der Waals surface area contributed by atoms with Gasteiger partial charge in [0.2, 0.25) is 21.7 Å². The van der Waals surface area contributed by atoms with E-state index in [0.717, 1.165) is 32.3 Å². The largest absolute Gasteiger partial charge is 0.444 e. The highest BCUT2D eigenvalue weighted by molar-refractivity contribution is 7.72. The van der Waals surface area contributed by atoms with Gasteiger partial charge in [0.1, 0.15) is 22.6 Å². The van der Waals surface area contributed by atoms with Gasteiger partial charge in [-0.3, -0.25) is 14.4 Å². The summed E-state index contributed by atoms with van der Waals surface area (Å²) in [6, 6.07) is 9.55. The quantitative estimate of drug-likeness (QED) is 0.210. The Balaban J connectivity index is 1.50. The van der Waals surface area contributed by atoms with Crippen molar-refractivity contribution in [1.82, 2.24) is 20.2 Å². The predicted molar refractivity (Wildman–Crippen MR) is 141 cm³/mol. The smallest absolute Gasteiger partial charge is 0.242 e. The number of benzene rings is 1. The molecular formula is C24H21ClN6O4S2. The van der Waals surface area contributed by atoms with Gasteiger partial charge in [-0.15, -0.1) is 21.5 Å². The number of furan rings is 1. The first-order valence-electron chi connectivity index (χ1n) is 11.2. The Bertz CT molecular complexity index is 1640. The molecule has 0 aliphatic carbocycles. The lowest BCUT2D eigenvalue weighted by Gasteiger charge is -2.12. The van der Waals surface area contributed by atoms with Crippen LogP contribution in [0.5, 0.6) is 0 Å². The van der Waals surface area contributed by atoms with Crippen molar-refractivity contribution in [2.45, 2.75) is 38.3 Å². The molecule has 0 spiro atoms. The second-order valence-corrected chi connectivity index (χ2v) is 10.9. The fourth-order valence-corrected chi connectivity index (χ4v) is 5.75. The standard InChI is InChI=1S/C24H21ClN6O4S2/c1-12-13(2)36-24-21(12)22(15-4-6-16(25)7-5-15)27-18(23-30-28-14(3)31(23)24)10-19(32)29-26-11-17-8-9-20(35-17)37(33)34/h4-9,11,18,37H,10H2,1-3H3,(H,29,32)/b26-11+/t18-/m0/s1. The van der Waals surface area contributed by atoms with Gasteiger partial charge in [-0.05, 0) is 50.6 Å². The Morgan fingerprint density at radius 1 is 1.19 bits per heavy atom. The van der Waals surface area contributed by atoms with E-state index in [0.29, 0.717) is 16.7 Å². The summed E-state index contributed by atoms with van der Waals surface area (Å²) in [4.78, 5) is 19.1. The lowest BCUT2D eigenvalue weighted by atomic mass is 9.99. The van der Waals surface area contributed by atoms with E-state index in [1.165, 1.54) is 18.3 Å². The number of aromatic nitrogens is 3. The van der Waals surface area contributed by atoms with Crippen LogP contribution in [-0.2, 0) is 15.5 Å². The average molecular weight is 557 g/mol. The fraction of sp³-hybridized carbons (Fsp3) is 0.208. The Kier molecular flexibility index (Phi) is 6.80. The molecule has 0 unspecified atom stereocenters. The van der Waals surface area contributed by atoms with E-state index in [1.807, 2.05) is 35.8 Å². The van der Waals surface area contributed by atoms with Gasteiger partial charge < -0.3 is 4.42 Å². The molecule has 1 aliphatic heterocycles. The topological polar surface area (TPSA) is 132 Å². The van der Waals surface area contributed by atoms with Crippen molar-refractivity contribution in [3.63, 3.8) is 0 Å². The molecule has 3 aromatic heterocycles. The zero-order valence-corrected chi connectivity index (χ0v) is 22.4. The number of fused-ring (bicyclic) bond motifs is 3. The Morgan fingerprint density at radius 2 is 1.95 bits per heavy atom. The van der Waals surface area contributed by atoms with Gasteiger partial charge >= 0.3 is 0 Å². The van der Waals surface area contributed by atoms with Gasteiger partial charge in [0.25, 0.3) is 0 Å². The van der Waals surface area contributed by atoms with Gasteiger partial charge in [-0.25, -0.2) is 13.8 Å². The number of aryl methyl sites for hydroxylation is 2. The van der Waals surface area contributed by atoms with Crippen LogP contribution in [0.25, 0.3) is 5.00 Å². The average Bonchev–Trinajstić information content (AvgIpc) is 3.53. The molecule has 13 heteroatoms. The van der Waals surface area contributed by atoms with Crippen LogP contribution in [0.1, 0.15) is 51.4 Å². The Labute approximate surface area is 222 Å². The summed E-state index contributed by atoms with van der Waals surface area (Å²) in [7, 11) is -2.84. The molecule has 0 radical (unpaired) electrons. The lowest BCUT2D eigenvalue weighted by Crippen LogP contribution is -2.21. The van der Waals surface area contributed by atoms with Gasteiger partial charge in [0, 0.05) is 21.0 Å². The molecule has 37 heavy (non-hydrogen) atoms. The highest BCUT2D eigenvalue weighted by atomic mass is 35.5. The first-order valence-corrected chi connectivity index (χ1v) is 13.5. The summed E-state index contributed by atoms with van der Waals surface area (Å²) < 4.78 is 29.1. The summed E-state index contributed by atoms with van der Waals surface area (Å²) >= 11 is 7.77. The monoisotopic (exact) mass is 556 g/mol. The molecule has 0 saturated carbocycles. The number of nitrogens with zero attached hydrogens (tertiary/aromatic N) is 5. The maximum atomic E-state index is 12.9. The number of halogens is 1. The molecule has 1 amide bonds. The van der Waals surface area contributed by atoms with Crippen molar-refractivity contribution >= 4 is 51.5 Å². The van der Waals surface area contributed by atoms with Crippen molar-refractivity contribution < 1.29 is 17.6 Å². The number of hydrazone groups is 1. The van der Waals surface area contributed by atoms with E-state index >= 15 is 0 Å². The van der Waals surface area contributed by atoms with Crippen molar-refractivity contribution in [1.29, 1.82) is 0 Å². The van der Waals surface area contributed by atoms with Gasteiger partial charge in [0.15, 0.2) is 5.82 Å². The van der Waals surface area contributed by atoms with Gasteiger partial charge in [-0.1, -0.05) is 23.7 Å². The molecule has 0 saturated heterocycles. The molecule has 1 N–H and O–H groups in total. The summed E-state index contributed by atoms with van der Waals surface area (Å²) in [5.41, 5.74) is 6.14. The Morgan fingerprint density at radius 3 is 2.65 bits per heavy atom. The van der Waals surface area contributed by atoms with Crippen LogP contribution in [0.15, 0.2) is 56.0 Å². The molecule has 1 aliphatic rings. The number of carbonyl (C=O) groups is 1. The van der Waals surface area contributed by atoms with Crippen LogP contribution in [0.2, 0.25) is 5.02 Å². The summed E-state index contributed by atoms with van der Waals surface area (Å²) in [5.74, 6) is 1.03. The van der Waals surface area contributed by atoms with Crippen molar-refractivity contribution in [2.24, 2.45) is 10.1 Å². The third kappa shape index (κ3) is 4.87. The minimum Gasteiger partial charge on any atom is -0.444 e. The molecule has 0 fully saturated rings. The van der Waals surface area contributed by atoms with E-state index in [9.17, 15) is 13.2 Å². The number of thiol groups is 1. The number of carbonyl (C=O) groups excluding carboxylic acids is 1. The van der Waals surface area contributed by atoms with Gasteiger partial charge in [-0.2, -0.15) is 5.10 Å². The third-order valence-corrected chi connectivity index (χ3v) is 7.95. The van der Waals surface area contributed by atoms with Crippen LogP contribution >= 0.6 is 22.9 Å². The van der Waals surface area contributed by atoms with Crippen LogP contribution in [0.3, 0.4) is 0 Å². The number of aliphatic imine (C=N–C) groups is 1. The highest BCUT2D eigenvalue weighted by Gasteiger charge is 2.32. The summed E-state index contributed by atoms with van der Waals surface area (Å²) in [6.45, 7) is 5.99. The van der Waals surface area contributed by atoms with E-state index in [2.05, 4.69) is 34.6 Å². The molecule has 4 aromatic rings. The van der Waals surface area contributed by atoms with Crippen LogP contribution in [-0.4, -0.2) is 41.0 Å². The normalized spacial score (nSPS) is 14.9. The molecule has 190 valence electrons. The number of thiophene rings is 1. The minimum atomic E-state index is -2.84. The molecule has 0 bridgehead atoms. The summed E-state index contributed by atoms with van der Waals surface area (Å²) in [6.07, 6.45) is 1.18. The predicted octanol–water partition coefficient (Wildman–Crippen LogP) is 3.90. The third-order valence-electron chi connectivity index (χ3n) is 5.91. The van der Waals surface area contributed by atoms with Crippen molar-refractivity contribution in [2.75, 3.05) is 0 Å². The Hall–Kier alpha value is -3.61. The second-order valence-electron chi connectivity index (χ2n) is 8.34. The van der Waals surface area contributed by atoms with E-state index < -0.39 is 22.7 Å². The maximum absolute atomic E-state index is 12.9. The fourth-order valence-electron chi connectivity index (χ4n) is 4.03. The molecule has 1 atom stereocenters. The zero-order valence-electron chi connectivity index (χ0n) is 19.9. The van der Waals surface area contributed by atoms with Crippen LogP contribution in [0, 0.1) is 20.8 Å². The molecule has 4 heterocycles. The van der Waals surface area contributed by atoms with E-state index in [1.54, 1.807) is 11.3 Å². The molecular weight excluding hydrogens is 536 g/mol. The second kappa shape index (κ2) is 10.0. The number of hydrogen-bond acceptors (Lipinski definition) is 9. The first kappa shape index (κ1) is 25.1. The maximum Gasteiger partial charge on any atom is 0.242 e. The van der Waals surface area contributed by atoms with Gasteiger partial charge in [0.05, 0.1) is 18.3 Å². The van der Waals surface area contributed by atoms with Crippen molar-refractivity contribution in [3.05, 3.63) is 80.4 Å².